The van der Waals surface area contributed by atoms with E-state index in [4.69, 9.17) is 4.74 Å². The monoisotopic (exact) mass is 215 g/mol. The molecule has 0 aliphatic carbocycles. The quantitative estimate of drug-likeness (QED) is 0.776. The number of hydrogen-bond donors (Lipinski definition) is 1. The summed E-state index contributed by atoms with van der Waals surface area (Å²) in [6.45, 7) is 0. The van der Waals surface area contributed by atoms with Gasteiger partial charge in [-0.15, -0.1) is 0 Å². The fourth-order valence-electron chi connectivity index (χ4n) is 1.47. The molecule has 0 saturated heterocycles. The lowest BCUT2D eigenvalue weighted by Gasteiger charge is -2.11. The Morgan fingerprint density at radius 2 is 2.00 bits per heavy atom. The second-order valence-corrected chi connectivity index (χ2v) is 3.12. The highest BCUT2D eigenvalue weighted by molar-refractivity contribution is 5.82. The zero-order valence-electron chi connectivity index (χ0n) is 7.85. The fraction of sp³-hybridized carbons (Fsp3) is 0.200. The molecule has 1 heterocycles. The van der Waals surface area contributed by atoms with E-state index in [0.29, 0.717) is 10.9 Å². The van der Waals surface area contributed by atoms with Crippen molar-refractivity contribution in [3.8, 4) is 5.75 Å². The van der Waals surface area contributed by atoms with Gasteiger partial charge < -0.3 is 9.72 Å². The molecular weight excluding hydrogens is 207 g/mol. The number of fused-ring (bicyclic) bond motifs is 1. The SMILES string of the molecule is COc1cc2[nH]ccc2cc1C(F)(F)F. The van der Waals surface area contributed by atoms with Crippen LogP contribution in [0.25, 0.3) is 10.9 Å². The van der Waals surface area contributed by atoms with Gasteiger partial charge in [-0.25, -0.2) is 0 Å². The molecule has 1 aromatic heterocycles. The number of alkyl halides is 3. The normalized spacial score (nSPS) is 12.0. The third kappa shape index (κ3) is 1.65. The number of hydrogen-bond acceptors (Lipinski definition) is 1. The minimum atomic E-state index is -4.39. The van der Waals surface area contributed by atoms with Crippen molar-refractivity contribution in [3.63, 3.8) is 0 Å². The maximum atomic E-state index is 12.6. The Labute approximate surface area is 83.7 Å². The van der Waals surface area contributed by atoms with Crippen molar-refractivity contribution >= 4 is 10.9 Å². The predicted octanol–water partition coefficient (Wildman–Crippen LogP) is 3.20. The van der Waals surface area contributed by atoms with Crippen molar-refractivity contribution in [2.45, 2.75) is 6.18 Å². The number of aromatic nitrogens is 1. The van der Waals surface area contributed by atoms with E-state index in [1.165, 1.54) is 13.2 Å². The highest BCUT2D eigenvalue weighted by Gasteiger charge is 2.34. The van der Waals surface area contributed by atoms with Crippen molar-refractivity contribution in [1.29, 1.82) is 0 Å². The van der Waals surface area contributed by atoms with Crippen molar-refractivity contribution in [2.24, 2.45) is 0 Å². The molecule has 15 heavy (non-hydrogen) atoms. The van der Waals surface area contributed by atoms with Gasteiger partial charge in [-0.05, 0) is 12.1 Å². The zero-order valence-corrected chi connectivity index (χ0v) is 7.85. The first-order chi connectivity index (χ1) is 7.02. The summed E-state index contributed by atoms with van der Waals surface area (Å²) in [6, 6.07) is 4.01. The molecule has 0 atom stereocenters. The summed E-state index contributed by atoms with van der Waals surface area (Å²) < 4.78 is 42.4. The summed E-state index contributed by atoms with van der Waals surface area (Å²) >= 11 is 0. The third-order valence-corrected chi connectivity index (χ3v) is 2.18. The van der Waals surface area contributed by atoms with E-state index in [1.807, 2.05) is 0 Å². The Morgan fingerprint density at radius 1 is 1.27 bits per heavy atom. The standard InChI is InChI=1S/C10H8F3NO/c1-15-9-5-8-6(2-3-14-8)4-7(9)10(11,12)13/h2-5,14H,1H3. The van der Waals surface area contributed by atoms with Gasteiger partial charge in [0.2, 0.25) is 0 Å². The summed E-state index contributed by atoms with van der Waals surface area (Å²) in [7, 11) is 1.22. The minimum Gasteiger partial charge on any atom is -0.496 e. The van der Waals surface area contributed by atoms with E-state index < -0.39 is 11.7 Å². The minimum absolute atomic E-state index is 0.169. The molecule has 80 valence electrons. The van der Waals surface area contributed by atoms with E-state index >= 15 is 0 Å². The summed E-state index contributed by atoms with van der Waals surface area (Å²) in [5.41, 5.74) is -0.128. The van der Waals surface area contributed by atoms with Gasteiger partial charge in [0.25, 0.3) is 0 Å². The largest absolute Gasteiger partial charge is 0.496 e. The molecule has 0 bridgehead atoms. The first-order valence-electron chi connectivity index (χ1n) is 4.24. The van der Waals surface area contributed by atoms with Crippen LogP contribution in [-0.4, -0.2) is 12.1 Å². The van der Waals surface area contributed by atoms with Crippen LogP contribution >= 0.6 is 0 Å². The fourth-order valence-corrected chi connectivity index (χ4v) is 1.47. The van der Waals surface area contributed by atoms with Crippen molar-refractivity contribution in [1.82, 2.24) is 4.98 Å². The lowest BCUT2D eigenvalue weighted by Crippen LogP contribution is -2.07. The highest BCUT2D eigenvalue weighted by Crippen LogP contribution is 2.38. The van der Waals surface area contributed by atoms with Gasteiger partial charge in [0, 0.05) is 23.2 Å². The Bertz CT molecular complexity index is 487. The van der Waals surface area contributed by atoms with Crippen LogP contribution in [0.4, 0.5) is 13.2 Å². The number of benzene rings is 1. The van der Waals surface area contributed by atoms with E-state index in [1.54, 1.807) is 12.3 Å². The average Bonchev–Trinajstić information content (AvgIpc) is 2.60. The Morgan fingerprint density at radius 3 is 2.60 bits per heavy atom. The molecule has 2 nitrogen and oxygen atoms in total. The van der Waals surface area contributed by atoms with Gasteiger partial charge >= 0.3 is 6.18 Å². The van der Waals surface area contributed by atoms with Crippen molar-refractivity contribution < 1.29 is 17.9 Å². The van der Waals surface area contributed by atoms with Crippen LogP contribution in [-0.2, 0) is 6.18 Å². The lowest BCUT2D eigenvalue weighted by molar-refractivity contribution is -0.138. The predicted molar refractivity (Wildman–Crippen MR) is 49.9 cm³/mol. The molecular formula is C10H8F3NO. The van der Waals surface area contributed by atoms with Gasteiger partial charge in [0.15, 0.2) is 0 Å². The highest BCUT2D eigenvalue weighted by atomic mass is 19.4. The number of halogens is 3. The zero-order chi connectivity index (χ0) is 11.1. The number of nitrogens with one attached hydrogen (secondary N) is 1. The van der Waals surface area contributed by atoms with E-state index in [2.05, 4.69) is 4.98 Å². The van der Waals surface area contributed by atoms with Gasteiger partial charge in [0.05, 0.1) is 12.7 Å². The number of ether oxygens (including phenoxy) is 1. The molecule has 5 heteroatoms. The van der Waals surface area contributed by atoms with E-state index in [-0.39, 0.29) is 5.75 Å². The van der Waals surface area contributed by atoms with Crippen LogP contribution in [0.2, 0.25) is 0 Å². The molecule has 1 N–H and O–H groups in total. The molecule has 2 aromatic rings. The van der Waals surface area contributed by atoms with Crippen LogP contribution < -0.4 is 4.74 Å². The second kappa shape index (κ2) is 3.18. The molecule has 0 unspecified atom stereocenters. The van der Waals surface area contributed by atoms with Crippen LogP contribution in [0.1, 0.15) is 5.56 Å². The summed E-state index contributed by atoms with van der Waals surface area (Å²) in [5, 5.41) is 0.517. The molecule has 0 spiro atoms. The van der Waals surface area contributed by atoms with Crippen LogP contribution in [0.3, 0.4) is 0 Å². The molecule has 0 fully saturated rings. The lowest BCUT2D eigenvalue weighted by atomic mass is 10.1. The van der Waals surface area contributed by atoms with Gasteiger partial charge in [-0.1, -0.05) is 0 Å². The number of rotatable bonds is 1. The van der Waals surface area contributed by atoms with Gasteiger partial charge in [-0.2, -0.15) is 13.2 Å². The molecule has 0 aliphatic heterocycles. The van der Waals surface area contributed by atoms with Crippen molar-refractivity contribution in [3.05, 3.63) is 30.0 Å². The van der Waals surface area contributed by atoms with E-state index in [9.17, 15) is 13.2 Å². The maximum absolute atomic E-state index is 12.6. The third-order valence-electron chi connectivity index (χ3n) is 2.18. The second-order valence-electron chi connectivity index (χ2n) is 3.12. The smallest absolute Gasteiger partial charge is 0.419 e. The van der Waals surface area contributed by atoms with Crippen LogP contribution in [0.15, 0.2) is 24.4 Å². The first kappa shape index (κ1) is 9.89. The Kier molecular flexibility index (Phi) is 2.10. The molecule has 0 amide bonds. The Hall–Kier alpha value is -1.65. The number of H-pyrrole nitrogens is 1. The average molecular weight is 215 g/mol. The summed E-state index contributed by atoms with van der Waals surface area (Å²) in [6.07, 6.45) is -2.80. The van der Waals surface area contributed by atoms with E-state index in [0.717, 1.165) is 6.07 Å². The first-order valence-corrected chi connectivity index (χ1v) is 4.24. The molecule has 0 aliphatic rings. The molecule has 1 aromatic carbocycles. The number of aromatic amines is 1. The maximum Gasteiger partial charge on any atom is 0.419 e. The summed E-state index contributed by atoms with van der Waals surface area (Å²) in [5.74, 6) is -0.169. The molecule has 0 saturated carbocycles. The number of methoxy groups -OCH3 is 1. The molecule has 0 radical (unpaired) electrons. The Balaban J connectivity index is 2.70. The topological polar surface area (TPSA) is 25.0 Å². The van der Waals surface area contributed by atoms with Gasteiger partial charge in [-0.3, -0.25) is 0 Å². The van der Waals surface area contributed by atoms with Crippen LogP contribution in [0.5, 0.6) is 5.75 Å². The summed E-state index contributed by atoms with van der Waals surface area (Å²) in [4.78, 5) is 2.83. The van der Waals surface area contributed by atoms with Gasteiger partial charge in [0.1, 0.15) is 5.75 Å². The van der Waals surface area contributed by atoms with Crippen molar-refractivity contribution in [2.75, 3.05) is 7.11 Å². The molecule has 2 rings (SSSR count). The van der Waals surface area contributed by atoms with Crippen LogP contribution in [0, 0.1) is 0 Å².